The molecule has 1 heterocycles. The van der Waals surface area contributed by atoms with Crippen molar-refractivity contribution in [3.63, 3.8) is 0 Å². The van der Waals surface area contributed by atoms with Crippen LogP contribution in [0.2, 0.25) is 0 Å². The molecule has 0 atom stereocenters. The summed E-state index contributed by atoms with van der Waals surface area (Å²) in [5.41, 5.74) is 2.45. The zero-order valence-corrected chi connectivity index (χ0v) is 17.6. The molecule has 9 heteroatoms. The van der Waals surface area contributed by atoms with Crippen LogP contribution in [0.25, 0.3) is 6.08 Å². The molecule has 1 aromatic heterocycles. The Labute approximate surface area is 184 Å². The number of hydrogen-bond donors (Lipinski definition) is 2. The van der Waals surface area contributed by atoms with Crippen LogP contribution in [0.3, 0.4) is 0 Å². The second-order valence-corrected chi connectivity index (χ2v) is 7.10. The number of hydrogen-bond acceptors (Lipinski definition) is 6. The lowest BCUT2D eigenvalue weighted by atomic mass is 10.1. The highest BCUT2D eigenvalue weighted by Gasteiger charge is 2.10. The number of carboxylic acids is 1. The van der Waals surface area contributed by atoms with E-state index in [0.29, 0.717) is 11.4 Å². The topological polar surface area (TPSA) is 123 Å². The normalized spacial score (nSPS) is 10.8. The number of rotatable bonds is 9. The van der Waals surface area contributed by atoms with Gasteiger partial charge in [0.25, 0.3) is 0 Å². The molecule has 0 bridgehead atoms. The van der Waals surface area contributed by atoms with Gasteiger partial charge in [-0.2, -0.15) is 0 Å². The molecule has 1 amide bonds. The summed E-state index contributed by atoms with van der Waals surface area (Å²) in [6.45, 7) is 3.71. The summed E-state index contributed by atoms with van der Waals surface area (Å²) in [6.07, 6.45) is 4.58. The monoisotopic (exact) mass is 434 g/mol. The number of ketones is 1. The SMILES string of the molecule is CC(=O)Cn1cc(COc2cc(/C=C/C(=O)Nc3ccccc3C(=O)O)ccc2C)nn1. The number of aryl methyl sites for hydroxylation is 1. The van der Waals surface area contributed by atoms with Crippen molar-refractivity contribution in [3.05, 3.63) is 77.1 Å². The molecule has 9 nitrogen and oxygen atoms in total. The highest BCUT2D eigenvalue weighted by molar-refractivity contribution is 6.06. The van der Waals surface area contributed by atoms with Gasteiger partial charge in [0.05, 0.1) is 17.4 Å². The molecule has 0 aliphatic heterocycles. The minimum absolute atomic E-state index is 0.0144. The van der Waals surface area contributed by atoms with Crippen LogP contribution in [0.1, 0.15) is 34.1 Å². The lowest BCUT2D eigenvalue weighted by Crippen LogP contribution is -2.11. The van der Waals surface area contributed by atoms with Crippen LogP contribution in [0, 0.1) is 6.92 Å². The molecule has 0 aliphatic rings. The maximum atomic E-state index is 12.2. The smallest absolute Gasteiger partial charge is 0.337 e. The minimum atomic E-state index is -1.12. The standard InChI is InChI=1S/C23H22N4O5/c1-15-7-8-17(9-10-22(29)24-20-6-4-3-5-19(20)23(30)31)11-21(15)32-14-18-13-27(26-25-18)12-16(2)28/h3-11,13H,12,14H2,1-2H3,(H,24,29)(H,30,31)/b10-9+. The number of nitrogens with one attached hydrogen (secondary N) is 1. The maximum absolute atomic E-state index is 12.2. The third-order valence-electron chi connectivity index (χ3n) is 4.40. The number of ether oxygens (including phenoxy) is 1. The number of anilines is 1. The van der Waals surface area contributed by atoms with Gasteiger partial charge in [0.1, 0.15) is 24.6 Å². The molecular weight excluding hydrogens is 412 g/mol. The molecule has 0 saturated carbocycles. The number of amides is 1. The first kappa shape index (κ1) is 22.4. The van der Waals surface area contributed by atoms with Gasteiger partial charge in [-0.1, -0.05) is 29.5 Å². The lowest BCUT2D eigenvalue weighted by molar-refractivity contribution is -0.117. The first-order chi connectivity index (χ1) is 15.3. The predicted octanol–water partition coefficient (Wildman–Crippen LogP) is 3.10. The van der Waals surface area contributed by atoms with Gasteiger partial charge in [-0.15, -0.1) is 5.10 Å². The zero-order valence-electron chi connectivity index (χ0n) is 17.6. The van der Waals surface area contributed by atoms with E-state index in [9.17, 15) is 19.5 Å². The molecule has 0 saturated heterocycles. The summed E-state index contributed by atoms with van der Waals surface area (Å²) in [4.78, 5) is 34.7. The molecule has 32 heavy (non-hydrogen) atoms. The molecule has 0 unspecified atom stereocenters. The van der Waals surface area contributed by atoms with E-state index >= 15 is 0 Å². The van der Waals surface area contributed by atoms with E-state index in [-0.39, 0.29) is 30.2 Å². The van der Waals surface area contributed by atoms with Gasteiger partial charge >= 0.3 is 5.97 Å². The van der Waals surface area contributed by atoms with Crippen molar-refractivity contribution in [2.75, 3.05) is 5.32 Å². The molecule has 2 N–H and O–H groups in total. The van der Waals surface area contributed by atoms with E-state index in [2.05, 4.69) is 15.6 Å². The Hall–Kier alpha value is -4.27. The Morgan fingerprint density at radius 2 is 1.97 bits per heavy atom. The summed E-state index contributed by atoms with van der Waals surface area (Å²) in [6, 6.07) is 11.7. The van der Waals surface area contributed by atoms with Crippen molar-refractivity contribution in [2.24, 2.45) is 0 Å². The molecule has 3 rings (SSSR count). The van der Waals surface area contributed by atoms with Crippen LogP contribution in [-0.4, -0.2) is 37.8 Å². The van der Waals surface area contributed by atoms with Crippen molar-refractivity contribution in [3.8, 4) is 5.75 Å². The maximum Gasteiger partial charge on any atom is 0.337 e. The summed E-state index contributed by atoms with van der Waals surface area (Å²) in [5.74, 6) is -0.978. The van der Waals surface area contributed by atoms with E-state index in [1.165, 1.54) is 29.8 Å². The van der Waals surface area contributed by atoms with Crippen LogP contribution < -0.4 is 10.1 Å². The van der Waals surface area contributed by atoms with Crippen LogP contribution in [0.5, 0.6) is 5.75 Å². The fourth-order valence-electron chi connectivity index (χ4n) is 2.86. The van der Waals surface area contributed by atoms with Crippen LogP contribution in [0.15, 0.2) is 54.7 Å². The number of carbonyl (C=O) groups excluding carboxylic acids is 2. The van der Waals surface area contributed by atoms with Crippen LogP contribution >= 0.6 is 0 Å². The molecule has 0 spiro atoms. The quantitative estimate of drug-likeness (QED) is 0.496. The molecular formula is C23H22N4O5. The van der Waals surface area contributed by atoms with Gasteiger partial charge in [-0.05, 0) is 49.2 Å². The van der Waals surface area contributed by atoms with E-state index in [0.717, 1.165) is 11.1 Å². The number of Topliss-reactive ketones (excluding diaryl/α,β-unsaturated/α-hetero) is 1. The molecule has 3 aromatic rings. The van der Waals surface area contributed by atoms with E-state index in [1.807, 2.05) is 19.1 Å². The summed E-state index contributed by atoms with van der Waals surface area (Å²) < 4.78 is 7.28. The highest BCUT2D eigenvalue weighted by atomic mass is 16.5. The predicted molar refractivity (Wildman–Crippen MR) is 117 cm³/mol. The van der Waals surface area contributed by atoms with Gasteiger partial charge < -0.3 is 15.2 Å². The third kappa shape index (κ3) is 6.11. The van der Waals surface area contributed by atoms with Crippen LogP contribution in [-0.2, 0) is 22.7 Å². The Kier molecular flexibility index (Phi) is 7.12. The minimum Gasteiger partial charge on any atom is -0.487 e. The van der Waals surface area contributed by atoms with E-state index < -0.39 is 11.9 Å². The fourth-order valence-corrected chi connectivity index (χ4v) is 2.86. The molecule has 0 aliphatic carbocycles. The summed E-state index contributed by atoms with van der Waals surface area (Å²) in [7, 11) is 0. The fraction of sp³-hybridized carbons (Fsp3) is 0.174. The first-order valence-corrected chi connectivity index (χ1v) is 9.75. The molecule has 164 valence electrons. The Morgan fingerprint density at radius 1 is 1.19 bits per heavy atom. The first-order valence-electron chi connectivity index (χ1n) is 9.75. The summed E-state index contributed by atoms with van der Waals surface area (Å²) >= 11 is 0. The van der Waals surface area contributed by atoms with E-state index in [4.69, 9.17) is 4.74 Å². The van der Waals surface area contributed by atoms with Gasteiger partial charge in [0, 0.05) is 6.08 Å². The second kappa shape index (κ2) is 10.2. The summed E-state index contributed by atoms with van der Waals surface area (Å²) in [5, 5.41) is 19.6. The van der Waals surface area contributed by atoms with Crippen molar-refractivity contribution < 1.29 is 24.2 Å². The van der Waals surface area contributed by atoms with Gasteiger partial charge in [-0.3, -0.25) is 9.59 Å². The van der Waals surface area contributed by atoms with Gasteiger partial charge in [0.2, 0.25) is 5.91 Å². The Balaban J connectivity index is 1.64. The number of aromatic nitrogens is 3. The van der Waals surface area contributed by atoms with Crippen molar-refractivity contribution in [1.29, 1.82) is 0 Å². The molecule has 2 aromatic carbocycles. The lowest BCUT2D eigenvalue weighted by Gasteiger charge is -2.09. The number of carboxylic acid groups (broad SMARTS) is 1. The zero-order chi connectivity index (χ0) is 23.1. The van der Waals surface area contributed by atoms with Crippen molar-refractivity contribution in [2.45, 2.75) is 27.0 Å². The number of aromatic carboxylic acids is 1. The van der Waals surface area contributed by atoms with Gasteiger partial charge in [-0.25, -0.2) is 9.48 Å². The number of carbonyl (C=O) groups is 3. The highest BCUT2D eigenvalue weighted by Crippen LogP contribution is 2.22. The molecule has 0 fully saturated rings. The van der Waals surface area contributed by atoms with Crippen molar-refractivity contribution >= 4 is 29.4 Å². The largest absolute Gasteiger partial charge is 0.487 e. The third-order valence-corrected chi connectivity index (χ3v) is 4.40. The Morgan fingerprint density at radius 3 is 2.72 bits per heavy atom. The molecule has 0 radical (unpaired) electrons. The van der Waals surface area contributed by atoms with Gasteiger partial charge in [0.15, 0.2) is 5.78 Å². The second-order valence-electron chi connectivity index (χ2n) is 7.10. The average molecular weight is 434 g/mol. The number of nitrogens with zero attached hydrogens (tertiary/aromatic N) is 3. The Bertz CT molecular complexity index is 1180. The number of benzene rings is 2. The van der Waals surface area contributed by atoms with Crippen molar-refractivity contribution in [1.82, 2.24) is 15.0 Å². The van der Waals surface area contributed by atoms with Crippen LogP contribution in [0.4, 0.5) is 5.69 Å². The average Bonchev–Trinajstić information content (AvgIpc) is 3.19. The number of para-hydroxylation sites is 1. The van der Waals surface area contributed by atoms with E-state index in [1.54, 1.807) is 30.5 Å².